The van der Waals surface area contributed by atoms with E-state index in [1.807, 2.05) is 0 Å². The molecule has 0 saturated carbocycles. The van der Waals surface area contributed by atoms with Gasteiger partial charge in [0.15, 0.2) is 0 Å². The van der Waals surface area contributed by atoms with Crippen LogP contribution in [0.5, 0.6) is 0 Å². The molecule has 1 atom stereocenters. The highest BCUT2D eigenvalue weighted by Gasteiger charge is 2.54. The first-order valence-corrected chi connectivity index (χ1v) is 22.5. The Morgan fingerprint density at radius 2 is 0.734 bits per heavy atom. The topological polar surface area (TPSA) is 3.24 Å². The van der Waals surface area contributed by atoms with E-state index in [9.17, 15) is 0 Å². The highest BCUT2D eigenvalue weighted by molar-refractivity contribution is 6.02. The van der Waals surface area contributed by atoms with Crippen molar-refractivity contribution < 1.29 is 0 Å². The second kappa shape index (κ2) is 13.0. The number of anilines is 3. The number of hydrogen-bond donors (Lipinski definition) is 0. The summed E-state index contributed by atoms with van der Waals surface area (Å²) in [5, 5.41) is 0. The summed E-state index contributed by atoms with van der Waals surface area (Å²) in [5.74, 6) is 0. The molecule has 1 heteroatoms. The lowest BCUT2D eigenvalue weighted by atomic mass is 9.69. The average molecular weight is 812 g/mol. The molecule has 0 aliphatic heterocycles. The van der Waals surface area contributed by atoms with E-state index < -0.39 is 10.8 Å². The molecule has 0 fully saturated rings. The van der Waals surface area contributed by atoms with Gasteiger partial charge in [-0.2, -0.15) is 0 Å². The summed E-state index contributed by atoms with van der Waals surface area (Å²) in [7, 11) is 0. The van der Waals surface area contributed by atoms with Crippen molar-refractivity contribution in [3.63, 3.8) is 0 Å². The van der Waals surface area contributed by atoms with E-state index in [0.29, 0.717) is 0 Å². The van der Waals surface area contributed by atoms with Crippen LogP contribution in [0.1, 0.15) is 50.1 Å². The SMILES string of the molecule is Cc1cccc2c1C1(c3ccccc3-c3ccc(N(c4ccc(-c5ccccc5)cc4)c4cccc5c4-c4ccccc4C54c5ccccc5-c5ccccc54)cc31)c1ccccc1-2. The van der Waals surface area contributed by atoms with Crippen molar-refractivity contribution >= 4 is 17.1 Å². The van der Waals surface area contributed by atoms with Gasteiger partial charge in [0, 0.05) is 16.9 Å². The molecule has 0 N–H and O–H groups in total. The monoisotopic (exact) mass is 811 g/mol. The van der Waals surface area contributed by atoms with Crippen LogP contribution in [-0.2, 0) is 10.8 Å². The summed E-state index contributed by atoms with van der Waals surface area (Å²) in [6, 6.07) is 86.8. The summed E-state index contributed by atoms with van der Waals surface area (Å²) in [6.07, 6.45) is 0. The summed E-state index contributed by atoms with van der Waals surface area (Å²) in [5.41, 5.74) is 27.5. The molecule has 10 aromatic rings. The van der Waals surface area contributed by atoms with Crippen LogP contribution in [0.25, 0.3) is 55.6 Å². The van der Waals surface area contributed by atoms with Crippen molar-refractivity contribution in [1.82, 2.24) is 0 Å². The zero-order valence-corrected chi connectivity index (χ0v) is 35.4. The summed E-state index contributed by atoms with van der Waals surface area (Å²) >= 11 is 0. The van der Waals surface area contributed by atoms with E-state index in [1.54, 1.807) is 0 Å². The molecule has 1 unspecified atom stereocenters. The first-order valence-electron chi connectivity index (χ1n) is 22.5. The van der Waals surface area contributed by atoms with Crippen molar-refractivity contribution in [3.05, 3.63) is 281 Å². The van der Waals surface area contributed by atoms with E-state index in [-0.39, 0.29) is 0 Å². The third kappa shape index (κ3) is 4.38. The molecule has 0 bridgehead atoms. The maximum atomic E-state index is 2.55. The Balaban J connectivity index is 1.06. The number of aryl methyl sites for hydroxylation is 1. The maximum Gasteiger partial charge on any atom is 0.0728 e. The van der Waals surface area contributed by atoms with Crippen LogP contribution in [0.3, 0.4) is 0 Å². The number of rotatable bonds is 4. The molecule has 4 aliphatic rings. The van der Waals surface area contributed by atoms with Gasteiger partial charge >= 0.3 is 0 Å². The molecular weight excluding hydrogens is 771 g/mol. The minimum atomic E-state index is -0.464. The van der Waals surface area contributed by atoms with Crippen LogP contribution in [0, 0.1) is 6.92 Å². The fraction of sp³-hybridized carbons (Fsp3) is 0.0476. The number of benzene rings is 10. The Labute approximate surface area is 374 Å². The number of hydrogen-bond acceptors (Lipinski definition) is 1. The fourth-order valence-corrected chi connectivity index (χ4v) is 12.7. The van der Waals surface area contributed by atoms with Gasteiger partial charge in [-0.25, -0.2) is 0 Å². The molecule has 10 aromatic carbocycles. The Morgan fingerprint density at radius 1 is 0.297 bits per heavy atom. The van der Waals surface area contributed by atoms with Crippen molar-refractivity contribution in [3.8, 4) is 55.6 Å². The predicted octanol–water partition coefficient (Wildman–Crippen LogP) is 15.8. The van der Waals surface area contributed by atoms with Gasteiger partial charge in [-0.1, -0.05) is 200 Å². The van der Waals surface area contributed by atoms with Crippen LogP contribution in [0.2, 0.25) is 0 Å². The summed E-state index contributed by atoms with van der Waals surface area (Å²) in [4.78, 5) is 2.55. The smallest absolute Gasteiger partial charge is 0.0728 e. The first-order chi connectivity index (χ1) is 31.7. The van der Waals surface area contributed by atoms with Gasteiger partial charge in [-0.05, 0) is 137 Å². The molecule has 0 radical (unpaired) electrons. The van der Waals surface area contributed by atoms with Crippen molar-refractivity contribution in [1.29, 1.82) is 0 Å². The van der Waals surface area contributed by atoms with Crippen molar-refractivity contribution in [2.24, 2.45) is 0 Å². The third-order valence-corrected chi connectivity index (χ3v) is 15.0. The van der Waals surface area contributed by atoms with Gasteiger partial charge in [0.2, 0.25) is 0 Å². The molecule has 2 spiro atoms. The molecule has 64 heavy (non-hydrogen) atoms. The lowest BCUT2D eigenvalue weighted by molar-refractivity contribution is 0.786. The van der Waals surface area contributed by atoms with Crippen LogP contribution < -0.4 is 4.90 Å². The minimum absolute atomic E-state index is 0.448. The van der Waals surface area contributed by atoms with Crippen LogP contribution in [-0.4, -0.2) is 0 Å². The van der Waals surface area contributed by atoms with E-state index >= 15 is 0 Å². The Morgan fingerprint density at radius 3 is 1.36 bits per heavy atom. The minimum Gasteiger partial charge on any atom is -0.310 e. The highest BCUT2D eigenvalue weighted by Crippen LogP contribution is 2.66. The third-order valence-electron chi connectivity index (χ3n) is 15.0. The van der Waals surface area contributed by atoms with Crippen LogP contribution in [0.4, 0.5) is 17.1 Å². The second-order valence-electron chi connectivity index (χ2n) is 17.9. The van der Waals surface area contributed by atoms with E-state index in [1.165, 1.54) is 111 Å². The zero-order valence-electron chi connectivity index (χ0n) is 35.4. The molecule has 1 nitrogen and oxygen atoms in total. The lowest BCUT2D eigenvalue weighted by Crippen LogP contribution is -2.27. The molecule has 0 amide bonds. The van der Waals surface area contributed by atoms with Gasteiger partial charge < -0.3 is 4.90 Å². The van der Waals surface area contributed by atoms with E-state index in [0.717, 1.165) is 11.4 Å². The van der Waals surface area contributed by atoms with Crippen molar-refractivity contribution in [2.45, 2.75) is 17.8 Å². The first kappa shape index (κ1) is 35.6. The summed E-state index contributed by atoms with van der Waals surface area (Å²) in [6.45, 7) is 2.30. The molecule has 298 valence electrons. The summed E-state index contributed by atoms with van der Waals surface area (Å²) < 4.78 is 0. The predicted molar refractivity (Wildman–Crippen MR) is 264 cm³/mol. The second-order valence-corrected chi connectivity index (χ2v) is 17.9. The van der Waals surface area contributed by atoms with Crippen molar-refractivity contribution in [2.75, 3.05) is 4.90 Å². The fourth-order valence-electron chi connectivity index (χ4n) is 12.7. The van der Waals surface area contributed by atoms with Gasteiger partial charge in [-0.15, -0.1) is 0 Å². The van der Waals surface area contributed by atoms with Gasteiger partial charge in [-0.3, -0.25) is 0 Å². The molecule has 0 heterocycles. The molecule has 14 rings (SSSR count). The number of fused-ring (bicyclic) bond motifs is 20. The van der Waals surface area contributed by atoms with Gasteiger partial charge in [0.05, 0.1) is 16.5 Å². The van der Waals surface area contributed by atoms with Crippen LogP contribution in [0.15, 0.2) is 231 Å². The quantitative estimate of drug-likeness (QED) is 0.171. The molecule has 0 saturated heterocycles. The maximum absolute atomic E-state index is 2.55. The number of nitrogens with zero attached hydrogens (tertiary/aromatic N) is 1. The van der Waals surface area contributed by atoms with E-state index in [2.05, 4.69) is 242 Å². The molecule has 0 aromatic heterocycles. The lowest BCUT2D eigenvalue weighted by Gasteiger charge is -2.34. The van der Waals surface area contributed by atoms with Gasteiger partial charge in [0.25, 0.3) is 0 Å². The normalized spacial score (nSPS) is 15.8. The average Bonchev–Trinajstić information content (AvgIpc) is 4.04. The Kier molecular flexibility index (Phi) is 7.24. The van der Waals surface area contributed by atoms with Crippen LogP contribution >= 0.6 is 0 Å². The molecular formula is C63H41N. The van der Waals surface area contributed by atoms with E-state index in [4.69, 9.17) is 0 Å². The molecule has 4 aliphatic carbocycles. The highest BCUT2D eigenvalue weighted by atomic mass is 15.1. The largest absolute Gasteiger partial charge is 0.310 e. The van der Waals surface area contributed by atoms with Gasteiger partial charge in [0.1, 0.15) is 0 Å². The zero-order chi connectivity index (χ0) is 42.1. The Hall–Kier alpha value is -8.00. The standard InChI is InChI=1S/C63H41N/c1-40-17-15-25-50-48-23-8-13-29-55(48)63(61(40)50)54-28-12-7-22-47(54)49-38-37-44(39-58(49)63)64(43-35-33-42(34-36-43)41-18-3-2-4-19-41)59-32-16-31-57-60(59)51-24-9-14-30-56(51)62(57)52-26-10-5-20-45(52)46-21-6-11-27-53(46)62/h2-39H,1H3. The Bertz CT molecular complexity index is 3520.